The van der Waals surface area contributed by atoms with Crippen LogP contribution in [0.4, 0.5) is 0 Å². The molecule has 6 heteroatoms. The van der Waals surface area contributed by atoms with E-state index in [1.165, 1.54) is 11.3 Å². The van der Waals surface area contributed by atoms with Crippen molar-refractivity contribution in [2.24, 2.45) is 0 Å². The number of nitrogens with zero attached hydrogens (tertiary/aromatic N) is 2. The second kappa shape index (κ2) is 5.87. The molecule has 1 aromatic carbocycles. The summed E-state index contributed by atoms with van der Waals surface area (Å²) in [4.78, 5) is 4.67. The average molecular weight is 322 g/mol. The normalized spacial score (nSPS) is 20.0. The van der Waals surface area contributed by atoms with Gasteiger partial charge in [0.25, 0.3) is 0 Å². The highest BCUT2D eigenvalue weighted by Crippen LogP contribution is 2.37. The van der Waals surface area contributed by atoms with E-state index in [0.717, 1.165) is 29.8 Å². The van der Waals surface area contributed by atoms with Gasteiger partial charge in [0.1, 0.15) is 5.01 Å². The molecule has 112 valence electrons. The van der Waals surface area contributed by atoms with E-state index in [1.54, 1.807) is 22.6 Å². The van der Waals surface area contributed by atoms with Gasteiger partial charge in [-0.05, 0) is 37.0 Å². The van der Waals surface area contributed by atoms with Crippen molar-refractivity contribution < 1.29 is 8.42 Å². The van der Waals surface area contributed by atoms with Crippen molar-refractivity contribution >= 4 is 21.4 Å². The monoisotopic (exact) mass is 322 g/mol. The fraction of sp³-hybridized carbons (Fsp3) is 0.400. The summed E-state index contributed by atoms with van der Waals surface area (Å²) in [5.41, 5.74) is 1.15. The van der Waals surface area contributed by atoms with E-state index in [1.807, 2.05) is 17.5 Å². The van der Waals surface area contributed by atoms with Crippen LogP contribution in [-0.4, -0.2) is 24.3 Å². The molecule has 1 aliphatic rings. The lowest BCUT2D eigenvalue weighted by Gasteiger charge is -2.22. The molecule has 0 radical (unpaired) electrons. The van der Waals surface area contributed by atoms with Crippen LogP contribution in [0.2, 0.25) is 0 Å². The van der Waals surface area contributed by atoms with Crippen molar-refractivity contribution in [3.63, 3.8) is 0 Å². The summed E-state index contributed by atoms with van der Waals surface area (Å²) in [6.45, 7) is 2.63. The molecule has 0 bridgehead atoms. The Hall–Kier alpha value is -1.24. The van der Waals surface area contributed by atoms with Gasteiger partial charge in [0.15, 0.2) is 0 Å². The molecule has 0 saturated carbocycles. The number of aryl methyl sites for hydroxylation is 1. The van der Waals surface area contributed by atoms with Gasteiger partial charge in [0.05, 0.1) is 10.9 Å². The third-order valence-electron chi connectivity index (χ3n) is 3.88. The highest BCUT2D eigenvalue weighted by molar-refractivity contribution is 7.89. The first-order chi connectivity index (χ1) is 10.1. The molecular formula is C15H18N2O2S2. The van der Waals surface area contributed by atoms with Gasteiger partial charge in [-0.3, -0.25) is 0 Å². The van der Waals surface area contributed by atoms with Crippen molar-refractivity contribution in [1.82, 2.24) is 9.29 Å². The van der Waals surface area contributed by atoms with Crippen molar-refractivity contribution in [2.45, 2.75) is 37.1 Å². The van der Waals surface area contributed by atoms with E-state index in [4.69, 9.17) is 0 Å². The average Bonchev–Trinajstić information content (AvgIpc) is 3.17. The number of hydrogen-bond donors (Lipinski definition) is 0. The molecule has 1 aliphatic heterocycles. The smallest absolute Gasteiger partial charge is 0.243 e. The third kappa shape index (κ3) is 2.75. The molecule has 2 aromatic rings. The topological polar surface area (TPSA) is 50.3 Å². The number of benzene rings is 1. The van der Waals surface area contributed by atoms with Crippen LogP contribution in [0.5, 0.6) is 0 Å². The van der Waals surface area contributed by atoms with E-state index in [0.29, 0.717) is 11.4 Å². The first-order valence-corrected chi connectivity index (χ1v) is 9.45. The quantitative estimate of drug-likeness (QED) is 0.868. The first-order valence-electron chi connectivity index (χ1n) is 7.13. The van der Waals surface area contributed by atoms with Crippen LogP contribution in [0.15, 0.2) is 40.7 Å². The number of sulfonamides is 1. The number of rotatable bonds is 4. The molecule has 0 amide bonds. The van der Waals surface area contributed by atoms with E-state index in [9.17, 15) is 8.42 Å². The van der Waals surface area contributed by atoms with Crippen LogP contribution in [0.1, 0.15) is 36.4 Å². The third-order valence-corrected chi connectivity index (χ3v) is 6.68. The standard InChI is InChI=1S/C15H18N2O2S2/c1-2-12-5-7-13(8-6-12)21(18,19)17-10-3-4-14(17)15-16-9-11-20-15/h5-9,11,14H,2-4,10H2,1H3. The Morgan fingerprint density at radius 3 is 2.71 bits per heavy atom. The van der Waals surface area contributed by atoms with Gasteiger partial charge in [-0.1, -0.05) is 19.1 Å². The lowest BCUT2D eigenvalue weighted by Crippen LogP contribution is -2.30. The number of hydrogen-bond acceptors (Lipinski definition) is 4. The van der Waals surface area contributed by atoms with E-state index in [2.05, 4.69) is 11.9 Å². The Labute approximate surface area is 129 Å². The Morgan fingerprint density at radius 2 is 2.10 bits per heavy atom. The van der Waals surface area contributed by atoms with Gasteiger partial charge in [-0.25, -0.2) is 13.4 Å². The molecule has 0 N–H and O–H groups in total. The molecule has 1 atom stereocenters. The second-order valence-electron chi connectivity index (χ2n) is 5.14. The molecular weight excluding hydrogens is 304 g/mol. The molecule has 1 unspecified atom stereocenters. The first kappa shape index (κ1) is 14.7. The molecule has 21 heavy (non-hydrogen) atoms. The fourth-order valence-corrected chi connectivity index (χ4v) is 5.22. The zero-order chi connectivity index (χ0) is 14.9. The predicted octanol–water partition coefficient (Wildman–Crippen LogP) is 3.23. The summed E-state index contributed by atoms with van der Waals surface area (Å²) in [5, 5.41) is 2.79. The van der Waals surface area contributed by atoms with Gasteiger partial charge >= 0.3 is 0 Å². The Bertz CT molecular complexity index is 694. The zero-order valence-electron chi connectivity index (χ0n) is 11.9. The van der Waals surface area contributed by atoms with Crippen LogP contribution in [-0.2, 0) is 16.4 Å². The molecule has 0 spiro atoms. The Kier molecular flexibility index (Phi) is 4.10. The molecule has 2 heterocycles. The summed E-state index contributed by atoms with van der Waals surface area (Å²) < 4.78 is 27.3. The van der Waals surface area contributed by atoms with Crippen LogP contribution >= 0.6 is 11.3 Å². The van der Waals surface area contributed by atoms with Gasteiger partial charge < -0.3 is 0 Å². The minimum atomic E-state index is -3.44. The van der Waals surface area contributed by atoms with Crippen molar-refractivity contribution in [2.75, 3.05) is 6.54 Å². The van der Waals surface area contributed by atoms with E-state index in [-0.39, 0.29) is 6.04 Å². The van der Waals surface area contributed by atoms with Crippen LogP contribution < -0.4 is 0 Å². The lowest BCUT2D eigenvalue weighted by molar-refractivity contribution is 0.395. The van der Waals surface area contributed by atoms with Gasteiger partial charge in [0.2, 0.25) is 10.0 Å². The summed E-state index contributed by atoms with van der Waals surface area (Å²) in [6, 6.07) is 7.10. The predicted molar refractivity (Wildman–Crippen MR) is 83.8 cm³/mol. The fourth-order valence-electron chi connectivity index (χ4n) is 2.71. The van der Waals surface area contributed by atoms with E-state index < -0.39 is 10.0 Å². The Morgan fingerprint density at radius 1 is 1.33 bits per heavy atom. The largest absolute Gasteiger partial charge is 0.248 e. The summed E-state index contributed by atoms with van der Waals surface area (Å²) >= 11 is 1.52. The van der Waals surface area contributed by atoms with Crippen molar-refractivity contribution in [3.8, 4) is 0 Å². The summed E-state index contributed by atoms with van der Waals surface area (Å²) in [5.74, 6) is 0. The second-order valence-corrected chi connectivity index (χ2v) is 7.96. The minimum Gasteiger partial charge on any atom is -0.248 e. The van der Waals surface area contributed by atoms with Gasteiger partial charge in [-0.15, -0.1) is 11.3 Å². The van der Waals surface area contributed by atoms with Gasteiger partial charge in [0, 0.05) is 18.1 Å². The minimum absolute atomic E-state index is 0.110. The molecule has 1 saturated heterocycles. The van der Waals surface area contributed by atoms with Crippen LogP contribution in [0, 0.1) is 0 Å². The van der Waals surface area contributed by atoms with E-state index >= 15 is 0 Å². The van der Waals surface area contributed by atoms with Crippen molar-refractivity contribution in [3.05, 3.63) is 46.4 Å². The van der Waals surface area contributed by atoms with Crippen molar-refractivity contribution in [1.29, 1.82) is 0 Å². The molecule has 1 fully saturated rings. The summed E-state index contributed by atoms with van der Waals surface area (Å²) in [6.07, 6.45) is 4.38. The molecule has 0 aliphatic carbocycles. The molecule has 1 aromatic heterocycles. The van der Waals surface area contributed by atoms with Gasteiger partial charge in [-0.2, -0.15) is 4.31 Å². The highest BCUT2D eigenvalue weighted by Gasteiger charge is 2.37. The number of aromatic nitrogens is 1. The highest BCUT2D eigenvalue weighted by atomic mass is 32.2. The number of thiazole rings is 1. The maximum absolute atomic E-state index is 12.8. The molecule has 3 rings (SSSR count). The lowest BCUT2D eigenvalue weighted by atomic mass is 10.2. The van der Waals surface area contributed by atoms with Crippen LogP contribution in [0.3, 0.4) is 0 Å². The summed E-state index contributed by atoms with van der Waals surface area (Å²) in [7, 11) is -3.44. The van der Waals surface area contributed by atoms with Crippen LogP contribution in [0.25, 0.3) is 0 Å². The maximum Gasteiger partial charge on any atom is 0.243 e. The maximum atomic E-state index is 12.8. The molecule has 4 nitrogen and oxygen atoms in total. The Balaban J connectivity index is 1.93. The zero-order valence-corrected chi connectivity index (χ0v) is 13.5. The SMILES string of the molecule is CCc1ccc(S(=O)(=O)N2CCCC2c2nccs2)cc1.